The maximum atomic E-state index is 10.2. The Balaban J connectivity index is 1.17. The van der Waals surface area contributed by atoms with Gasteiger partial charge in [0.15, 0.2) is 0 Å². The Morgan fingerprint density at radius 3 is 2.79 bits per heavy atom. The third kappa shape index (κ3) is 4.96. The average molecular weight is 414 g/mol. The summed E-state index contributed by atoms with van der Waals surface area (Å²) in [7, 11) is 0. The number of nitrogens with one attached hydrogen (secondary N) is 4. The Morgan fingerprint density at radius 1 is 1.07 bits per heavy atom. The van der Waals surface area contributed by atoms with Gasteiger partial charge in [0, 0.05) is 59.8 Å². The third-order valence-electron chi connectivity index (χ3n) is 4.31. The van der Waals surface area contributed by atoms with E-state index in [0.717, 1.165) is 22.8 Å². The van der Waals surface area contributed by atoms with E-state index in [0.29, 0.717) is 12.3 Å². The molecule has 1 unspecified atom stereocenters. The fourth-order valence-electron chi connectivity index (χ4n) is 2.86. The van der Waals surface area contributed by atoms with E-state index >= 15 is 0 Å². The van der Waals surface area contributed by atoms with Crippen molar-refractivity contribution >= 4 is 40.5 Å². The number of hydrazine groups is 1. The van der Waals surface area contributed by atoms with Crippen LogP contribution in [0.4, 0.5) is 5.69 Å². The highest BCUT2D eigenvalue weighted by atomic mass is 32.2. The third-order valence-corrected chi connectivity index (χ3v) is 6.45. The number of hydrogen-bond acceptors (Lipinski definition) is 7. The number of benzene rings is 2. The summed E-state index contributed by atoms with van der Waals surface area (Å²) in [5.41, 5.74) is 6.61. The fourth-order valence-corrected chi connectivity index (χ4v) is 4.58. The summed E-state index contributed by atoms with van der Waals surface area (Å²) in [6.45, 7) is 1.28. The van der Waals surface area contributed by atoms with Gasteiger partial charge in [-0.2, -0.15) is 0 Å². The number of H-pyrrole nitrogens is 1. The zero-order valence-corrected chi connectivity index (χ0v) is 16.9. The van der Waals surface area contributed by atoms with E-state index in [1.165, 1.54) is 10.9 Å². The van der Waals surface area contributed by atoms with E-state index in [2.05, 4.69) is 39.2 Å². The highest BCUT2D eigenvalue weighted by Gasteiger charge is 2.17. The van der Waals surface area contributed by atoms with Crippen LogP contribution in [0.15, 0.2) is 72.0 Å². The first-order valence-corrected chi connectivity index (χ1v) is 10.8. The molecule has 1 aliphatic heterocycles. The molecule has 5 N–H and O–H groups in total. The molecule has 3 aromatic rings. The van der Waals surface area contributed by atoms with Gasteiger partial charge < -0.3 is 26.1 Å². The molecular weight excluding hydrogens is 390 g/mol. The number of rotatable bonds is 9. The molecule has 2 heterocycles. The smallest absolute Gasteiger partial charge is 0.104 e. The quantitative estimate of drug-likeness (QED) is 0.343. The Bertz CT molecular complexity index is 931. The second-order valence-electron chi connectivity index (χ2n) is 6.40. The Morgan fingerprint density at radius 2 is 1.89 bits per heavy atom. The van der Waals surface area contributed by atoms with Gasteiger partial charge in [-0.3, -0.25) is 0 Å². The minimum atomic E-state index is -0.434. The number of aliphatic hydroxyl groups is 1. The average Bonchev–Trinajstić information content (AvgIpc) is 3.37. The maximum Gasteiger partial charge on any atom is 0.104 e. The lowest BCUT2D eigenvalue weighted by Crippen LogP contribution is -2.25. The topological polar surface area (TPSA) is 75.3 Å². The molecule has 0 amide bonds. The summed E-state index contributed by atoms with van der Waals surface area (Å²) in [6, 6.07) is 18.2. The van der Waals surface area contributed by atoms with Crippen LogP contribution < -0.4 is 16.1 Å². The summed E-state index contributed by atoms with van der Waals surface area (Å²) >= 11 is 3.14. The lowest BCUT2D eigenvalue weighted by atomic mass is 10.2. The van der Waals surface area contributed by atoms with Crippen molar-refractivity contribution in [3.63, 3.8) is 0 Å². The van der Waals surface area contributed by atoms with Crippen LogP contribution in [-0.2, 0) is 6.54 Å². The highest BCUT2D eigenvalue weighted by molar-refractivity contribution is 8.13. The minimum absolute atomic E-state index is 0.434. The van der Waals surface area contributed by atoms with Crippen molar-refractivity contribution in [3.8, 4) is 0 Å². The molecular formula is C20H23N5OS2. The largest absolute Gasteiger partial charge is 0.390 e. The predicted octanol–water partition coefficient (Wildman–Crippen LogP) is 3.65. The molecule has 2 aromatic carbocycles. The maximum absolute atomic E-state index is 10.2. The van der Waals surface area contributed by atoms with E-state index in [1.54, 1.807) is 23.9 Å². The lowest BCUT2D eigenvalue weighted by molar-refractivity contribution is 0.212. The van der Waals surface area contributed by atoms with Crippen molar-refractivity contribution in [1.82, 2.24) is 19.5 Å². The molecule has 28 heavy (non-hydrogen) atoms. The molecule has 0 saturated heterocycles. The van der Waals surface area contributed by atoms with Crippen LogP contribution in [0.3, 0.4) is 0 Å². The van der Waals surface area contributed by atoms with Gasteiger partial charge in [0.05, 0.1) is 6.10 Å². The molecule has 0 aliphatic carbocycles. The number of hydrogen-bond donors (Lipinski definition) is 5. The molecule has 0 spiro atoms. The molecule has 0 fully saturated rings. The highest BCUT2D eigenvalue weighted by Crippen LogP contribution is 2.30. The number of aliphatic hydroxyl groups excluding tert-OH is 1. The van der Waals surface area contributed by atoms with E-state index < -0.39 is 6.10 Å². The molecule has 1 aliphatic rings. The normalized spacial score (nSPS) is 15.2. The number of aromatic amines is 1. The number of aromatic nitrogens is 1. The summed E-state index contributed by atoms with van der Waals surface area (Å²) in [5.74, 6) is 0.601. The zero-order valence-electron chi connectivity index (χ0n) is 15.3. The van der Waals surface area contributed by atoms with Crippen molar-refractivity contribution in [2.24, 2.45) is 0 Å². The monoisotopic (exact) mass is 413 g/mol. The van der Waals surface area contributed by atoms with Crippen molar-refractivity contribution in [2.75, 3.05) is 17.6 Å². The molecule has 1 aromatic heterocycles. The summed E-state index contributed by atoms with van der Waals surface area (Å²) in [4.78, 5) is 3.30. The fraction of sp³-hybridized carbons (Fsp3) is 0.200. The first kappa shape index (κ1) is 19.1. The number of anilines is 1. The van der Waals surface area contributed by atoms with Gasteiger partial charge in [0.2, 0.25) is 0 Å². The van der Waals surface area contributed by atoms with Crippen LogP contribution in [0.2, 0.25) is 0 Å². The van der Waals surface area contributed by atoms with Crippen LogP contribution in [-0.4, -0.2) is 32.3 Å². The van der Waals surface area contributed by atoms with Crippen LogP contribution in [0.1, 0.15) is 5.56 Å². The molecule has 1 atom stereocenters. The van der Waals surface area contributed by atoms with E-state index in [9.17, 15) is 5.11 Å². The van der Waals surface area contributed by atoms with Gasteiger partial charge in [-0.1, -0.05) is 36.4 Å². The van der Waals surface area contributed by atoms with E-state index in [4.69, 9.17) is 0 Å². The van der Waals surface area contributed by atoms with Crippen molar-refractivity contribution in [3.05, 3.63) is 77.6 Å². The predicted molar refractivity (Wildman–Crippen MR) is 119 cm³/mol. The molecule has 0 saturated carbocycles. The molecule has 8 heteroatoms. The van der Waals surface area contributed by atoms with E-state index in [1.807, 2.05) is 52.6 Å². The van der Waals surface area contributed by atoms with Gasteiger partial charge in [0.1, 0.15) is 5.03 Å². The molecule has 0 bridgehead atoms. The van der Waals surface area contributed by atoms with Gasteiger partial charge in [0.25, 0.3) is 0 Å². The first-order chi connectivity index (χ1) is 13.8. The minimum Gasteiger partial charge on any atom is -0.390 e. The Labute approximate surface area is 173 Å². The molecule has 6 nitrogen and oxygen atoms in total. The lowest BCUT2D eigenvalue weighted by Gasteiger charge is -2.17. The van der Waals surface area contributed by atoms with Crippen LogP contribution in [0.5, 0.6) is 0 Å². The summed E-state index contributed by atoms with van der Waals surface area (Å²) < 4.78 is 1.95. The van der Waals surface area contributed by atoms with E-state index in [-0.39, 0.29) is 0 Å². The summed E-state index contributed by atoms with van der Waals surface area (Å²) in [5, 5.41) is 19.2. The molecule has 0 radical (unpaired) electrons. The van der Waals surface area contributed by atoms with Crippen molar-refractivity contribution in [1.29, 1.82) is 0 Å². The SMILES string of the molecule is OC(CNc1ccccc1)CSN1NC=C(NCc2c[nH]c3ccccc23)S1. The van der Waals surface area contributed by atoms with Crippen LogP contribution in [0.25, 0.3) is 10.9 Å². The van der Waals surface area contributed by atoms with Crippen LogP contribution >= 0.6 is 23.9 Å². The second-order valence-corrected chi connectivity index (χ2v) is 8.57. The second kappa shape index (κ2) is 9.29. The van der Waals surface area contributed by atoms with Gasteiger partial charge in [-0.05, 0) is 35.7 Å². The zero-order chi connectivity index (χ0) is 19.2. The number of fused-ring (bicyclic) bond motifs is 1. The van der Waals surface area contributed by atoms with Gasteiger partial charge in [-0.25, -0.2) is 0 Å². The molecule has 4 rings (SSSR count). The Hall–Kier alpha value is -2.26. The Kier molecular flexibility index (Phi) is 6.33. The van der Waals surface area contributed by atoms with Crippen LogP contribution in [0, 0.1) is 0 Å². The number of nitrogens with zero attached hydrogens (tertiary/aromatic N) is 1. The summed E-state index contributed by atoms with van der Waals surface area (Å²) in [6.07, 6.45) is 3.56. The van der Waals surface area contributed by atoms with Gasteiger partial charge >= 0.3 is 0 Å². The van der Waals surface area contributed by atoms with Crippen molar-refractivity contribution in [2.45, 2.75) is 12.6 Å². The standard InChI is InChI=1S/C20H23N5OS2/c26-17(12-21-16-6-2-1-3-7-16)14-27-25-24-13-20(28-25)23-11-15-10-22-19-9-5-4-8-18(15)19/h1-10,13,17,21-24,26H,11-12,14H2. The van der Waals surface area contributed by atoms with Crippen molar-refractivity contribution < 1.29 is 5.11 Å². The molecule has 146 valence electrons. The van der Waals surface area contributed by atoms with Gasteiger partial charge in [-0.15, -0.1) is 3.82 Å². The number of para-hydroxylation sites is 2. The first-order valence-electron chi connectivity index (χ1n) is 9.11.